The zero-order valence-electron chi connectivity index (χ0n) is 12.1. The summed E-state index contributed by atoms with van der Waals surface area (Å²) in [4.78, 5) is 12.6. The number of hydrogen-bond acceptors (Lipinski definition) is 1. The summed E-state index contributed by atoms with van der Waals surface area (Å²) >= 11 is 2.24. The van der Waals surface area contributed by atoms with Gasteiger partial charge in [0.25, 0.3) is 5.56 Å². The highest BCUT2D eigenvalue weighted by atomic mass is 127. The highest BCUT2D eigenvalue weighted by molar-refractivity contribution is 14.1. The number of hydrogen-bond donors (Lipinski definition) is 1. The lowest BCUT2D eigenvalue weighted by Gasteiger charge is -2.00. The van der Waals surface area contributed by atoms with Gasteiger partial charge < -0.3 is 0 Å². The van der Waals surface area contributed by atoms with Gasteiger partial charge in [-0.2, -0.15) is 0 Å². The number of H-pyrrole nitrogens is 1. The van der Waals surface area contributed by atoms with E-state index in [0.717, 1.165) is 14.8 Å². The van der Waals surface area contributed by atoms with Gasteiger partial charge in [0, 0.05) is 3.57 Å². The van der Waals surface area contributed by atoms with Gasteiger partial charge in [0.1, 0.15) is 0 Å². The van der Waals surface area contributed by atoms with Crippen molar-refractivity contribution in [2.24, 2.45) is 0 Å². The lowest BCUT2D eigenvalue weighted by molar-refractivity contribution is 0.838. The van der Waals surface area contributed by atoms with Crippen LogP contribution in [0.25, 0.3) is 18.3 Å². The largest absolute Gasteiger partial charge is 0.291 e. The van der Waals surface area contributed by atoms with E-state index in [0.29, 0.717) is 10.6 Å². The van der Waals surface area contributed by atoms with Gasteiger partial charge in [0.15, 0.2) is 0 Å². The standard InChI is InChI=1S/C18H15IN2O/c1-12-3-5-14(6-4-12)11-17-13(2)20-21(18(17)22)16-9-7-15(19)8-10-16/h3-11,20H,2H2,1H3/b17-11-. The van der Waals surface area contributed by atoms with Crippen molar-refractivity contribution in [1.82, 2.24) is 9.78 Å². The summed E-state index contributed by atoms with van der Waals surface area (Å²) in [5.74, 6) is 0. The van der Waals surface area contributed by atoms with Crippen LogP contribution in [-0.4, -0.2) is 9.78 Å². The molecule has 0 spiro atoms. The fraction of sp³-hybridized carbons (Fsp3) is 0.0556. The number of aromatic amines is 1. The first-order valence-corrected chi connectivity index (χ1v) is 7.97. The molecule has 0 atom stereocenters. The molecule has 0 bridgehead atoms. The molecule has 1 heterocycles. The molecule has 4 heteroatoms. The molecule has 1 aromatic heterocycles. The average molecular weight is 402 g/mol. The number of halogens is 1. The second kappa shape index (κ2) is 5.96. The van der Waals surface area contributed by atoms with E-state index in [9.17, 15) is 4.79 Å². The van der Waals surface area contributed by atoms with Crippen LogP contribution in [0.3, 0.4) is 0 Å². The number of benzene rings is 2. The lowest BCUT2D eigenvalue weighted by atomic mass is 10.1. The maximum atomic E-state index is 12.6. The summed E-state index contributed by atoms with van der Waals surface area (Å²) in [6.45, 7) is 5.99. The SMILES string of the molecule is C=c1[nH]n(-c2ccc(I)cc2)c(=O)/c1=C\c1ccc(C)cc1. The molecule has 0 aliphatic heterocycles. The number of rotatable bonds is 2. The van der Waals surface area contributed by atoms with Crippen LogP contribution in [0.15, 0.2) is 53.3 Å². The lowest BCUT2D eigenvalue weighted by Crippen LogP contribution is -2.33. The van der Waals surface area contributed by atoms with Crippen LogP contribution in [0.2, 0.25) is 0 Å². The average Bonchev–Trinajstić information content (AvgIpc) is 2.78. The minimum absolute atomic E-state index is 0.0909. The van der Waals surface area contributed by atoms with Crippen molar-refractivity contribution >= 4 is 35.2 Å². The Morgan fingerprint density at radius 3 is 2.36 bits per heavy atom. The molecule has 3 nitrogen and oxygen atoms in total. The second-order valence-corrected chi connectivity index (χ2v) is 6.42. The minimum atomic E-state index is -0.0909. The third-order valence-electron chi connectivity index (χ3n) is 3.48. The first-order valence-electron chi connectivity index (χ1n) is 6.89. The Bertz CT molecular complexity index is 964. The van der Waals surface area contributed by atoms with E-state index in [-0.39, 0.29) is 5.56 Å². The van der Waals surface area contributed by atoms with E-state index in [4.69, 9.17) is 0 Å². The molecule has 0 unspecified atom stereocenters. The molecule has 0 saturated heterocycles. The second-order valence-electron chi connectivity index (χ2n) is 5.18. The predicted molar refractivity (Wildman–Crippen MR) is 98.6 cm³/mol. The van der Waals surface area contributed by atoms with Gasteiger partial charge in [0.2, 0.25) is 0 Å². The number of nitrogens with zero attached hydrogens (tertiary/aromatic N) is 1. The quantitative estimate of drug-likeness (QED) is 0.657. The molecule has 3 rings (SSSR count). The van der Waals surface area contributed by atoms with Crippen molar-refractivity contribution in [3.8, 4) is 5.69 Å². The number of aryl methyl sites for hydroxylation is 1. The van der Waals surface area contributed by atoms with Crippen LogP contribution in [0.4, 0.5) is 0 Å². The first kappa shape index (κ1) is 14.8. The Morgan fingerprint density at radius 1 is 1.09 bits per heavy atom. The number of aromatic nitrogens is 2. The molecular weight excluding hydrogens is 387 g/mol. The van der Waals surface area contributed by atoms with Crippen molar-refractivity contribution in [1.29, 1.82) is 0 Å². The molecule has 0 fully saturated rings. The summed E-state index contributed by atoms with van der Waals surface area (Å²) in [5, 5.41) is 4.24. The van der Waals surface area contributed by atoms with Gasteiger partial charge in [-0.3, -0.25) is 9.89 Å². The van der Waals surface area contributed by atoms with Gasteiger partial charge in [-0.1, -0.05) is 36.4 Å². The minimum Gasteiger partial charge on any atom is -0.291 e. The Balaban J connectivity index is 2.15. The van der Waals surface area contributed by atoms with Crippen LogP contribution in [0.5, 0.6) is 0 Å². The fourth-order valence-corrected chi connectivity index (χ4v) is 2.61. The summed E-state index contributed by atoms with van der Waals surface area (Å²) < 4.78 is 2.65. The van der Waals surface area contributed by atoms with Gasteiger partial charge in [-0.05, 0) is 65.4 Å². The Hall–Kier alpha value is -2.08. The summed E-state index contributed by atoms with van der Waals surface area (Å²) in [6, 6.07) is 15.8. The van der Waals surface area contributed by atoms with Crippen LogP contribution in [0, 0.1) is 10.5 Å². The number of nitrogens with one attached hydrogen (secondary N) is 1. The molecule has 0 radical (unpaired) electrons. The topological polar surface area (TPSA) is 37.8 Å². The van der Waals surface area contributed by atoms with Crippen molar-refractivity contribution < 1.29 is 0 Å². The van der Waals surface area contributed by atoms with Crippen molar-refractivity contribution in [3.05, 3.63) is 84.1 Å². The molecule has 110 valence electrons. The summed E-state index contributed by atoms with van der Waals surface area (Å²) in [5.41, 5.74) is 2.89. The van der Waals surface area contributed by atoms with Gasteiger partial charge in [-0.25, -0.2) is 4.68 Å². The van der Waals surface area contributed by atoms with Crippen molar-refractivity contribution in [2.45, 2.75) is 6.92 Å². The Labute approximate surface area is 141 Å². The van der Waals surface area contributed by atoms with Crippen LogP contribution >= 0.6 is 22.6 Å². The highest BCUT2D eigenvalue weighted by Gasteiger charge is 2.04. The molecular formula is C18H15IN2O. The van der Waals surface area contributed by atoms with Crippen LogP contribution < -0.4 is 16.1 Å². The third-order valence-corrected chi connectivity index (χ3v) is 4.20. The summed E-state index contributed by atoms with van der Waals surface area (Å²) in [7, 11) is 0. The van der Waals surface area contributed by atoms with Crippen molar-refractivity contribution in [3.63, 3.8) is 0 Å². The monoisotopic (exact) mass is 402 g/mol. The molecule has 0 saturated carbocycles. The molecule has 0 aliphatic rings. The smallest absolute Gasteiger partial charge is 0.279 e. The van der Waals surface area contributed by atoms with Crippen molar-refractivity contribution in [2.75, 3.05) is 0 Å². The Kier molecular flexibility index (Phi) is 4.02. The molecule has 0 amide bonds. The zero-order valence-corrected chi connectivity index (χ0v) is 14.3. The van der Waals surface area contributed by atoms with E-state index in [1.807, 2.05) is 61.5 Å². The maximum absolute atomic E-state index is 12.6. The van der Waals surface area contributed by atoms with E-state index in [2.05, 4.69) is 34.3 Å². The molecule has 3 aromatic rings. The molecule has 2 aromatic carbocycles. The van der Waals surface area contributed by atoms with Gasteiger partial charge in [0.05, 0.1) is 16.3 Å². The highest BCUT2D eigenvalue weighted by Crippen LogP contribution is 2.08. The van der Waals surface area contributed by atoms with E-state index in [1.54, 1.807) is 0 Å². The van der Waals surface area contributed by atoms with Gasteiger partial charge in [-0.15, -0.1) is 0 Å². The maximum Gasteiger partial charge on any atom is 0.279 e. The van der Waals surface area contributed by atoms with E-state index >= 15 is 0 Å². The fourth-order valence-electron chi connectivity index (χ4n) is 2.25. The normalized spacial score (nSPS) is 11.8. The zero-order chi connectivity index (χ0) is 15.7. The predicted octanol–water partition coefficient (Wildman–Crippen LogP) is 2.32. The summed E-state index contributed by atoms with van der Waals surface area (Å²) in [6.07, 6.45) is 1.86. The van der Waals surface area contributed by atoms with Crippen LogP contribution in [0.1, 0.15) is 11.1 Å². The van der Waals surface area contributed by atoms with Gasteiger partial charge >= 0.3 is 0 Å². The van der Waals surface area contributed by atoms with E-state index < -0.39 is 0 Å². The molecule has 0 aliphatic carbocycles. The molecule has 22 heavy (non-hydrogen) atoms. The third kappa shape index (κ3) is 2.92. The van der Waals surface area contributed by atoms with Crippen LogP contribution in [-0.2, 0) is 0 Å². The Morgan fingerprint density at radius 2 is 1.73 bits per heavy atom. The molecule has 1 N–H and O–H groups in total. The first-order chi connectivity index (χ1) is 10.5. The van der Waals surface area contributed by atoms with E-state index in [1.165, 1.54) is 10.2 Å².